The second kappa shape index (κ2) is 2.99. The minimum atomic E-state index is 0.562. The Morgan fingerprint density at radius 2 is 2.42 bits per heavy atom. The van der Waals surface area contributed by atoms with Crippen LogP contribution in [0.1, 0.15) is 0 Å². The van der Waals surface area contributed by atoms with Gasteiger partial charge in [0.15, 0.2) is 0 Å². The summed E-state index contributed by atoms with van der Waals surface area (Å²) in [6.45, 7) is 0. The zero-order chi connectivity index (χ0) is 8.55. The van der Waals surface area contributed by atoms with Gasteiger partial charge in [-0.25, -0.2) is 10.2 Å². The Balaban J connectivity index is 2.78. The van der Waals surface area contributed by atoms with Crippen molar-refractivity contribution in [2.24, 2.45) is 0 Å². The van der Waals surface area contributed by atoms with Gasteiger partial charge in [-0.1, -0.05) is 11.6 Å². The van der Waals surface area contributed by atoms with Crippen molar-refractivity contribution < 1.29 is 10.7 Å². The van der Waals surface area contributed by atoms with E-state index in [1.807, 2.05) is 11.4 Å². The van der Waals surface area contributed by atoms with E-state index in [1.54, 1.807) is 6.20 Å². The van der Waals surface area contributed by atoms with E-state index in [-0.39, 0.29) is 0 Å². The predicted molar refractivity (Wildman–Crippen MR) is 48.0 cm³/mol. The quantitative estimate of drug-likeness (QED) is 0.688. The molecule has 0 aromatic carbocycles. The molecule has 3 N–H and O–H groups in total. The molecule has 2 aromatic rings. The van der Waals surface area contributed by atoms with Gasteiger partial charge in [0.1, 0.15) is 5.02 Å². The normalized spacial score (nSPS) is 10.8. The van der Waals surface area contributed by atoms with Gasteiger partial charge >= 0.3 is 0 Å². The number of halogens is 1. The van der Waals surface area contributed by atoms with E-state index in [1.165, 1.54) is 11.3 Å². The van der Waals surface area contributed by atoms with Crippen LogP contribution in [-0.2, 0) is 0 Å². The smallest absolute Gasteiger partial charge is 0.200 e. The third kappa shape index (κ3) is 1.09. The van der Waals surface area contributed by atoms with E-state index in [9.17, 15) is 0 Å². The van der Waals surface area contributed by atoms with Crippen molar-refractivity contribution in [3.8, 4) is 0 Å². The molecule has 62 valence electrons. The van der Waals surface area contributed by atoms with Crippen molar-refractivity contribution >= 4 is 38.8 Å². The maximum absolute atomic E-state index is 8.77. The lowest BCUT2D eigenvalue weighted by Crippen LogP contribution is -2.73. The number of aromatic nitrogens is 1. The second-order valence-corrected chi connectivity index (χ2v) is 3.59. The van der Waals surface area contributed by atoms with Gasteiger partial charge in [0, 0.05) is 0 Å². The molecule has 0 fully saturated rings. The predicted octanol–water partition coefficient (Wildman–Crippen LogP) is 1.53. The zero-order valence-corrected chi connectivity index (χ0v) is 7.56. The van der Waals surface area contributed by atoms with E-state index in [0.29, 0.717) is 10.7 Å². The summed E-state index contributed by atoms with van der Waals surface area (Å²) in [5.41, 5.74) is 2.40. The van der Waals surface area contributed by atoms with E-state index >= 15 is 0 Å². The second-order valence-electron chi connectivity index (χ2n) is 2.29. The van der Waals surface area contributed by atoms with Gasteiger partial charge in [-0.05, 0) is 11.4 Å². The van der Waals surface area contributed by atoms with Crippen LogP contribution < -0.4 is 5.48 Å². The van der Waals surface area contributed by atoms with Crippen LogP contribution in [0.15, 0.2) is 17.6 Å². The first-order chi connectivity index (χ1) is 5.83. The number of nitrogens with two attached hydrogens (primary N) is 1. The van der Waals surface area contributed by atoms with Gasteiger partial charge < -0.3 is 0 Å². The lowest BCUT2D eigenvalue weighted by molar-refractivity contribution is -0.825. The highest BCUT2D eigenvalue weighted by atomic mass is 35.5. The lowest BCUT2D eigenvalue weighted by Gasteiger charge is -1.95. The summed E-state index contributed by atoms with van der Waals surface area (Å²) in [6.07, 6.45) is 1.55. The van der Waals surface area contributed by atoms with E-state index in [2.05, 4.69) is 4.98 Å². The molecule has 0 atom stereocenters. The molecule has 0 aliphatic rings. The number of rotatable bonds is 1. The van der Waals surface area contributed by atoms with Crippen LogP contribution >= 0.6 is 22.9 Å². The molecule has 2 rings (SSSR count). The fraction of sp³-hybridized carbons (Fsp3) is 0. The Morgan fingerprint density at radius 3 is 3.17 bits per heavy atom. The Bertz CT molecular complexity index is 415. The summed E-state index contributed by atoms with van der Waals surface area (Å²) >= 11 is 7.48. The fourth-order valence-electron chi connectivity index (χ4n) is 0.985. The third-order valence-corrected chi connectivity index (χ3v) is 3.02. The molecule has 0 saturated heterocycles. The molecule has 2 aromatic heterocycles. The van der Waals surface area contributed by atoms with Gasteiger partial charge in [-0.15, -0.1) is 11.3 Å². The van der Waals surface area contributed by atoms with Gasteiger partial charge in [0.25, 0.3) is 0 Å². The topological polar surface area (TPSA) is 49.7 Å². The Hall–Kier alpha value is -0.680. The molecule has 0 bridgehead atoms. The van der Waals surface area contributed by atoms with Crippen LogP contribution in [-0.4, -0.2) is 10.2 Å². The molecule has 0 spiro atoms. The first kappa shape index (κ1) is 7.94. The number of fused-ring (bicyclic) bond motifs is 1. The number of hydrogen-bond donors (Lipinski definition) is 2. The molecule has 12 heavy (non-hydrogen) atoms. The molecular weight excluding hydrogens is 196 g/mol. The number of hydrogen-bond acceptors (Lipinski definition) is 3. The van der Waals surface area contributed by atoms with E-state index in [0.717, 1.165) is 15.7 Å². The number of pyridine rings is 1. The minimum Gasteiger partial charge on any atom is -0.249 e. The van der Waals surface area contributed by atoms with Crippen LogP contribution in [0.5, 0.6) is 0 Å². The largest absolute Gasteiger partial charge is 0.249 e. The van der Waals surface area contributed by atoms with Gasteiger partial charge in [0.2, 0.25) is 5.69 Å². The molecule has 0 aliphatic carbocycles. The summed E-state index contributed by atoms with van der Waals surface area (Å²) in [5, 5.41) is 11.3. The van der Waals surface area contributed by atoms with E-state index in [4.69, 9.17) is 16.8 Å². The summed E-state index contributed by atoms with van der Waals surface area (Å²) in [6, 6.07) is 1.90. The van der Waals surface area contributed by atoms with Crippen molar-refractivity contribution in [1.82, 2.24) is 4.98 Å². The van der Waals surface area contributed by atoms with Crippen LogP contribution in [0.2, 0.25) is 5.02 Å². The summed E-state index contributed by atoms with van der Waals surface area (Å²) in [7, 11) is 0. The first-order valence-corrected chi connectivity index (χ1v) is 4.58. The molecular formula is C7H6ClN2OS+. The molecule has 0 radical (unpaired) electrons. The first-order valence-electron chi connectivity index (χ1n) is 3.32. The molecule has 2 heterocycles. The molecule has 0 saturated carbocycles. The van der Waals surface area contributed by atoms with Crippen LogP contribution in [0.25, 0.3) is 10.2 Å². The lowest BCUT2D eigenvalue weighted by atomic mass is 10.4. The maximum Gasteiger partial charge on any atom is 0.200 e. The molecule has 0 unspecified atom stereocenters. The fourth-order valence-corrected chi connectivity index (χ4v) is 2.11. The summed E-state index contributed by atoms with van der Waals surface area (Å²) in [4.78, 5) is 4.11. The Kier molecular flexibility index (Phi) is 1.98. The number of nitrogens with zero attached hydrogens (tertiary/aromatic N) is 1. The van der Waals surface area contributed by atoms with Gasteiger partial charge in [0.05, 0.1) is 16.4 Å². The molecule has 3 nitrogen and oxygen atoms in total. The van der Waals surface area contributed by atoms with Crippen molar-refractivity contribution in [3.63, 3.8) is 0 Å². The number of quaternary nitrogens is 1. The van der Waals surface area contributed by atoms with Crippen LogP contribution in [0.4, 0.5) is 5.69 Å². The van der Waals surface area contributed by atoms with Crippen molar-refractivity contribution in [2.75, 3.05) is 0 Å². The maximum atomic E-state index is 8.77. The molecule has 0 aliphatic heterocycles. The van der Waals surface area contributed by atoms with Crippen LogP contribution in [0.3, 0.4) is 0 Å². The summed E-state index contributed by atoms with van der Waals surface area (Å²) < 4.78 is 0.916. The Labute approximate surface area is 77.6 Å². The van der Waals surface area contributed by atoms with Crippen molar-refractivity contribution in [2.45, 2.75) is 0 Å². The van der Waals surface area contributed by atoms with Gasteiger partial charge in [-0.3, -0.25) is 0 Å². The van der Waals surface area contributed by atoms with Crippen molar-refractivity contribution in [1.29, 1.82) is 0 Å². The summed E-state index contributed by atoms with van der Waals surface area (Å²) in [5.74, 6) is 0. The highest BCUT2D eigenvalue weighted by Gasteiger charge is 2.09. The standard InChI is InChI=1S/C7H5ClN2OS/c8-6-5(10-11)3-9-4-1-2-12-7(4)6/h1-3,10-11H/p+1. The zero-order valence-electron chi connectivity index (χ0n) is 5.99. The Morgan fingerprint density at radius 1 is 1.58 bits per heavy atom. The number of thiophene rings is 1. The third-order valence-electron chi connectivity index (χ3n) is 1.58. The highest BCUT2D eigenvalue weighted by Crippen LogP contribution is 2.30. The van der Waals surface area contributed by atoms with Crippen LogP contribution in [0, 0.1) is 0 Å². The molecule has 5 heteroatoms. The van der Waals surface area contributed by atoms with Crippen molar-refractivity contribution in [3.05, 3.63) is 22.7 Å². The SMILES string of the molecule is O[NH2+]c1cnc2ccsc2c1Cl. The average Bonchev–Trinajstić information content (AvgIpc) is 2.53. The average molecular weight is 202 g/mol. The van der Waals surface area contributed by atoms with E-state index < -0.39 is 0 Å². The molecule has 0 amide bonds. The monoisotopic (exact) mass is 201 g/mol. The highest BCUT2D eigenvalue weighted by molar-refractivity contribution is 7.17. The van der Waals surface area contributed by atoms with Gasteiger partial charge in [-0.2, -0.15) is 5.48 Å². The minimum absolute atomic E-state index is 0.562.